The lowest BCUT2D eigenvalue weighted by molar-refractivity contribution is -0.116. The maximum atomic E-state index is 12.5. The molecule has 0 aliphatic rings. The van der Waals surface area contributed by atoms with Crippen LogP contribution in [-0.2, 0) is 4.79 Å². The normalized spacial score (nSPS) is 11.9. The van der Waals surface area contributed by atoms with E-state index in [0.29, 0.717) is 17.1 Å². The number of anilines is 1. The van der Waals surface area contributed by atoms with Crippen molar-refractivity contribution in [1.29, 1.82) is 0 Å². The molecular weight excluding hydrogens is 320 g/mol. The Morgan fingerprint density at radius 1 is 1.08 bits per heavy atom. The predicted octanol–water partition coefficient (Wildman–Crippen LogP) is 5.07. The number of aryl methyl sites for hydroxylation is 1. The molecule has 1 N–H and O–H groups in total. The number of nitrogens with one attached hydrogen (secondary N) is 1. The van der Waals surface area contributed by atoms with Crippen molar-refractivity contribution >= 4 is 23.2 Å². The Labute approximate surface area is 146 Å². The van der Waals surface area contributed by atoms with E-state index in [2.05, 4.69) is 28.9 Å². The molecule has 3 rings (SSSR count). The van der Waals surface area contributed by atoms with E-state index in [-0.39, 0.29) is 11.9 Å². The minimum absolute atomic E-state index is 0.0413. The Balaban J connectivity index is 1.82. The number of hydrogen-bond acceptors (Lipinski definition) is 1. The van der Waals surface area contributed by atoms with Crippen LogP contribution in [0.25, 0.3) is 0 Å². The van der Waals surface area contributed by atoms with Gasteiger partial charge in [-0.1, -0.05) is 41.9 Å². The SMILES string of the molecule is Cc1ccccc1[C@@H](CC(=O)Nc1cccc(Cl)c1)n1cccc1. The monoisotopic (exact) mass is 338 g/mol. The minimum atomic E-state index is -0.0424. The van der Waals surface area contributed by atoms with Gasteiger partial charge in [0.2, 0.25) is 5.91 Å². The number of hydrogen-bond donors (Lipinski definition) is 1. The zero-order valence-corrected chi connectivity index (χ0v) is 14.2. The molecule has 0 unspecified atom stereocenters. The van der Waals surface area contributed by atoms with E-state index in [0.717, 1.165) is 5.56 Å². The Hall–Kier alpha value is -2.52. The van der Waals surface area contributed by atoms with Gasteiger partial charge in [0, 0.05) is 23.1 Å². The molecule has 3 aromatic rings. The van der Waals surface area contributed by atoms with Crippen molar-refractivity contribution in [2.24, 2.45) is 0 Å². The zero-order chi connectivity index (χ0) is 16.9. The van der Waals surface area contributed by atoms with Gasteiger partial charge in [-0.05, 0) is 48.4 Å². The molecule has 4 heteroatoms. The van der Waals surface area contributed by atoms with E-state index in [4.69, 9.17) is 11.6 Å². The van der Waals surface area contributed by atoms with Crippen LogP contribution in [0, 0.1) is 6.92 Å². The summed E-state index contributed by atoms with van der Waals surface area (Å²) in [5.41, 5.74) is 3.03. The Bertz CT molecular complexity index is 827. The van der Waals surface area contributed by atoms with Crippen molar-refractivity contribution in [3.05, 3.63) is 89.2 Å². The van der Waals surface area contributed by atoms with Gasteiger partial charge in [0.25, 0.3) is 0 Å². The first-order valence-electron chi connectivity index (χ1n) is 7.87. The van der Waals surface area contributed by atoms with E-state index in [1.807, 2.05) is 48.8 Å². The van der Waals surface area contributed by atoms with Gasteiger partial charge in [0.05, 0.1) is 12.5 Å². The van der Waals surface area contributed by atoms with E-state index < -0.39 is 0 Å². The lowest BCUT2D eigenvalue weighted by atomic mass is 9.98. The summed E-state index contributed by atoms with van der Waals surface area (Å²) < 4.78 is 2.07. The van der Waals surface area contributed by atoms with Crippen LogP contribution >= 0.6 is 11.6 Å². The summed E-state index contributed by atoms with van der Waals surface area (Å²) >= 11 is 5.98. The second kappa shape index (κ2) is 7.37. The van der Waals surface area contributed by atoms with E-state index in [9.17, 15) is 4.79 Å². The number of carbonyl (C=O) groups is 1. The number of rotatable bonds is 5. The van der Waals surface area contributed by atoms with E-state index in [1.54, 1.807) is 12.1 Å². The van der Waals surface area contributed by atoms with Gasteiger partial charge in [-0.3, -0.25) is 4.79 Å². The fraction of sp³-hybridized carbons (Fsp3) is 0.150. The molecule has 2 aromatic carbocycles. The van der Waals surface area contributed by atoms with Gasteiger partial charge in [0.1, 0.15) is 0 Å². The summed E-state index contributed by atoms with van der Waals surface area (Å²) in [5.74, 6) is -0.0424. The number of nitrogens with zero attached hydrogens (tertiary/aromatic N) is 1. The van der Waals surface area contributed by atoms with Crippen LogP contribution in [0.1, 0.15) is 23.6 Å². The number of amides is 1. The van der Waals surface area contributed by atoms with E-state index in [1.165, 1.54) is 5.56 Å². The molecule has 24 heavy (non-hydrogen) atoms. The third-order valence-electron chi connectivity index (χ3n) is 4.02. The highest BCUT2D eigenvalue weighted by molar-refractivity contribution is 6.30. The van der Waals surface area contributed by atoms with Crippen molar-refractivity contribution in [3.63, 3.8) is 0 Å². The van der Waals surface area contributed by atoms with Crippen LogP contribution in [0.3, 0.4) is 0 Å². The van der Waals surface area contributed by atoms with Gasteiger partial charge < -0.3 is 9.88 Å². The second-order valence-electron chi connectivity index (χ2n) is 5.77. The first-order chi connectivity index (χ1) is 11.6. The summed E-state index contributed by atoms with van der Waals surface area (Å²) in [6.45, 7) is 2.07. The number of aromatic nitrogens is 1. The third kappa shape index (κ3) is 3.87. The Morgan fingerprint density at radius 3 is 2.54 bits per heavy atom. The fourth-order valence-corrected chi connectivity index (χ4v) is 3.04. The standard InChI is InChI=1S/C20H19ClN2O/c1-15-7-2-3-10-18(15)19(23-11-4-5-12-23)14-20(24)22-17-9-6-8-16(21)13-17/h2-13,19H,14H2,1H3,(H,22,24)/t19-/m1/s1. The molecule has 1 atom stereocenters. The highest BCUT2D eigenvalue weighted by atomic mass is 35.5. The maximum Gasteiger partial charge on any atom is 0.226 e. The molecule has 0 radical (unpaired) electrons. The first-order valence-corrected chi connectivity index (χ1v) is 8.24. The molecule has 0 aliphatic carbocycles. The quantitative estimate of drug-likeness (QED) is 0.692. The molecule has 122 valence electrons. The molecular formula is C20H19ClN2O. The van der Waals surface area contributed by atoms with Crippen LogP contribution < -0.4 is 5.32 Å². The van der Waals surface area contributed by atoms with Crippen LogP contribution in [0.2, 0.25) is 5.02 Å². The summed E-state index contributed by atoms with van der Waals surface area (Å²) in [4.78, 5) is 12.5. The second-order valence-corrected chi connectivity index (χ2v) is 6.20. The molecule has 1 amide bonds. The van der Waals surface area contributed by atoms with Gasteiger partial charge in [-0.2, -0.15) is 0 Å². The molecule has 3 nitrogen and oxygen atoms in total. The molecule has 1 heterocycles. The lowest BCUT2D eigenvalue weighted by Gasteiger charge is -2.21. The van der Waals surface area contributed by atoms with Crippen LogP contribution in [0.5, 0.6) is 0 Å². The smallest absolute Gasteiger partial charge is 0.226 e. The highest BCUT2D eigenvalue weighted by Gasteiger charge is 2.19. The minimum Gasteiger partial charge on any atom is -0.346 e. The topological polar surface area (TPSA) is 34.0 Å². The van der Waals surface area contributed by atoms with Gasteiger partial charge >= 0.3 is 0 Å². The van der Waals surface area contributed by atoms with Crippen molar-refractivity contribution in [2.45, 2.75) is 19.4 Å². The molecule has 0 spiro atoms. The molecule has 0 aliphatic heterocycles. The van der Waals surface area contributed by atoms with Gasteiger partial charge in [-0.15, -0.1) is 0 Å². The first kappa shape index (κ1) is 16.3. The Morgan fingerprint density at radius 2 is 1.83 bits per heavy atom. The van der Waals surface area contributed by atoms with Gasteiger partial charge in [0.15, 0.2) is 0 Å². The number of halogens is 1. The van der Waals surface area contributed by atoms with Crippen LogP contribution in [-0.4, -0.2) is 10.5 Å². The fourth-order valence-electron chi connectivity index (χ4n) is 2.85. The molecule has 0 saturated heterocycles. The molecule has 0 bridgehead atoms. The molecule has 0 fully saturated rings. The average Bonchev–Trinajstić information content (AvgIpc) is 3.07. The lowest BCUT2D eigenvalue weighted by Crippen LogP contribution is -2.20. The maximum absolute atomic E-state index is 12.5. The summed E-state index contributed by atoms with van der Waals surface area (Å²) in [7, 11) is 0. The average molecular weight is 339 g/mol. The Kier molecular flexibility index (Phi) is 5.02. The van der Waals surface area contributed by atoms with Gasteiger partial charge in [-0.25, -0.2) is 0 Å². The highest BCUT2D eigenvalue weighted by Crippen LogP contribution is 2.26. The predicted molar refractivity (Wildman–Crippen MR) is 98.4 cm³/mol. The third-order valence-corrected chi connectivity index (χ3v) is 4.26. The van der Waals surface area contributed by atoms with Crippen molar-refractivity contribution in [2.75, 3.05) is 5.32 Å². The van der Waals surface area contributed by atoms with Crippen LogP contribution in [0.4, 0.5) is 5.69 Å². The van der Waals surface area contributed by atoms with E-state index >= 15 is 0 Å². The molecule has 1 aromatic heterocycles. The number of benzene rings is 2. The molecule has 0 saturated carbocycles. The van der Waals surface area contributed by atoms with Crippen molar-refractivity contribution < 1.29 is 4.79 Å². The summed E-state index contributed by atoms with van der Waals surface area (Å²) in [6.07, 6.45) is 4.33. The largest absolute Gasteiger partial charge is 0.346 e. The number of carbonyl (C=O) groups excluding carboxylic acids is 1. The van der Waals surface area contributed by atoms with Crippen molar-refractivity contribution in [3.8, 4) is 0 Å². The summed E-state index contributed by atoms with van der Waals surface area (Å²) in [6, 6.07) is 19.3. The summed E-state index contributed by atoms with van der Waals surface area (Å²) in [5, 5.41) is 3.53. The van der Waals surface area contributed by atoms with Crippen LogP contribution in [0.15, 0.2) is 73.1 Å². The van der Waals surface area contributed by atoms with Crippen molar-refractivity contribution in [1.82, 2.24) is 4.57 Å². The zero-order valence-electron chi connectivity index (χ0n) is 13.4.